The van der Waals surface area contributed by atoms with Gasteiger partial charge in [-0.05, 0) is 19.2 Å². The van der Waals surface area contributed by atoms with Crippen LogP contribution in [0.25, 0.3) is 0 Å². The smallest absolute Gasteiger partial charge is 0.191 e. The standard InChI is InChI=1S/C10H16N2O2/c1-11-5-8-14-10-4-3-9-12(10)6-2-7-13-9/h2-3,6,10-11H,4-5,7-8H2,1H3/t10-/m0/s1. The van der Waals surface area contributed by atoms with Gasteiger partial charge >= 0.3 is 0 Å². The van der Waals surface area contributed by atoms with Crippen molar-refractivity contribution >= 4 is 0 Å². The van der Waals surface area contributed by atoms with Crippen molar-refractivity contribution in [3.63, 3.8) is 0 Å². The van der Waals surface area contributed by atoms with Gasteiger partial charge in [0.25, 0.3) is 0 Å². The molecule has 1 N–H and O–H groups in total. The molecule has 0 aromatic rings. The Labute approximate surface area is 84.2 Å². The van der Waals surface area contributed by atoms with Gasteiger partial charge in [-0.2, -0.15) is 0 Å². The van der Waals surface area contributed by atoms with Crippen LogP contribution < -0.4 is 5.32 Å². The summed E-state index contributed by atoms with van der Waals surface area (Å²) in [6, 6.07) is 0. The van der Waals surface area contributed by atoms with Crippen molar-refractivity contribution in [2.75, 3.05) is 26.8 Å². The van der Waals surface area contributed by atoms with Gasteiger partial charge in [0.15, 0.2) is 5.88 Å². The summed E-state index contributed by atoms with van der Waals surface area (Å²) >= 11 is 0. The average Bonchev–Trinajstić information content (AvgIpc) is 2.63. The second-order valence-corrected chi connectivity index (χ2v) is 3.31. The summed E-state index contributed by atoms with van der Waals surface area (Å²) < 4.78 is 11.1. The van der Waals surface area contributed by atoms with Crippen LogP contribution in [-0.2, 0) is 9.47 Å². The van der Waals surface area contributed by atoms with Gasteiger partial charge in [-0.25, -0.2) is 0 Å². The summed E-state index contributed by atoms with van der Waals surface area (Å²) in [7, 11) is 1.92. The van der Waals surface area contributed by atoms with Crippen LogP contribution in [-0.4, -0.2) is 37.9 Å². The van der Waals surface area contributed by atoms with Crippen LogP contribution in [0.2, 0.25) is 0 Å². The third-order valence-electron chi connectivity index (χ3n) is 2.31. The largest absolute Gasteiger partial charge is 0.475 e. The Hall–Kier alpha value is -1.00. The van der Waals surface area contributed by atoms with E-state index >= 15 is 0 Å². The van der Waals surface area contributed by atoms with Gasteiger partial charge in [-0.1, -0.05) is 0 Å². The maximum atomic E-state index is 5.69. The minimum absolute atomic E-state index is 0.120. The zero-order valence-corrected chi connectivity index (χ0v) is 8.40. The first-order chi connectivity index (χ1) is 6.92. The highest BCUT2D eigenvalue weighted by Crippen LogP contribution is 2.26. The first-order valence-corrected chi connectivity index (χ1v) is 4.96. The topological polar surface area (TPSA) is 33.7 Å². The molecular weight excluding hydrogens is 180 g/mol. The van der Waals surface area contributed by atoms with Gasteiger partial charge in [0, 0.05) is 19.2 Å². The number of likely N-dealkylation sites (N-methyl/N-ethyl adjacent to an activating group) is 1. The van der Waals surface area contributed by atoms with Crippen LogP contribution in [0.3, 0.4) is 0 Å². The Bertz CT molecular complexity index is 251. The lowest BCUT2D eigenvalue weighted by atomic mass is 10.4. The molecule has 2 heterocycles. The fourth-order valence-electron chi connectivity index (χ4n) is 1.60. The second-order valence-electron chi connectivity index (χ2n) is 3.31. The van der Waals surface area contributed by atoms with Gasteiger partial charge in [0.05, 0.1) is 6.61 Å². The summed E-state index contributed by atoms with van der Waals surface area (Å²) in [6.45, 7) is 2.28. The quantitative estimate of drug-likeness (QED) is 0.669. The highest BCUT2D eigenvalue weighted by molar-refractivity contribution is 5.11. The lowest BCUT2D eigenvalue weighted by Gasteiger charge is -2.28. The fourth-order valence-corrected chi connectivity index (χ4v) is 1.60. The van der Waals surface area contributed by atoms with E-state index in [0.29, 0.717) is 6.61 Å². The summed E-state index contributed by atoms with van der Waals surface area (Å²) in [5, 5.41) is 3.05. The average molecular weight is 196 g/mol. The number of rotatable bonds is 4. The molecule has 0 amide bonds. The van der Waals surface area contributed by atoms with Crippen LogP contribution in [0.5, 0.6) is 0 Å². The van der Waals surface area contributed by atoms with Crippen LogP contribution in [0.15, 0.2) is 24.2 Å². The molecule has 0 fully saturated rings. The van der Waals surface area contributed by atoms with E-state index in [0.717, 1.165) is 25.5 Å². The van der Waals surface area contributed by atoms with Gasteiger partial charge < -0.3 is 14.8 Å². The van der Waals surface area contributed by atoms with Crippen molar-refractivity contribution in [3.05, 3.63) is 24.2 Å². The highest BCUT2D eigenvalue weighted by atomic mass is 16.5. The van der Waals surface area contributed by atoms with Crippen molar-refractivity contribution in [2.45, 2.75) is 12.6 Å². The number of nitrogens with zero attached hydrogens (tertiary/aromatic N) is 1. The SMILES string of the molecule is CNCCO[C@H]1CC=C2OCC=CN21. The summed E-state index contributed by atoms with van der Waals surface area (Å²) in [6.07, 6.45) is 7.13. The summed E-state index contributed by atoms with van der Waals surface area (Å²) in [4.78, 5) is 2.04. The Balaban J connectivity index is 1.84. The van der Waals surface area contributed by atoms with Crippen LogP contribution >= 0.6 is 0 Å². The molecule has 0 aromatic heterocycles. The molecule has 4 heteroatoms. The number of ether oxygens (including phenoxy) is 2. The molecule has 0 aromatic carbocycles. The predicted molar refractivity (Wildman–Crippen MR) is 53.3 cm³/mol. The van der Waals surface area contributed by atoms with Gasteiger partial charge in [-0.3, -0.25) is 4.90 Å². The molecule has 0 saturated carbocycles. The molecule has 78 valence electrons. The van der Waals surface area contributed by atoms with Crippen LogP contribution in [0, 0.1) is 0 Å². The third-order valence-corrected chi connectivity index (χ3v) is 2.31. The molecule has 2 rings (SSSR count). The maximum absolute atomic E-state index is 5.69. The van der Waals surface area contributed by atoms with Crippen molar-refractivity contribution < 1.29 is 9.47 Å². The van der Waals surface area contributed by atoms with Crippen molar-refractivity contribution in [3.8, 4) is 0 Å². The van der Waals surface area contributed by atoms with E-state index in [2.05, 4.69) is 11.4 Å². The second kappa shape index (κ2) is 4.48. The maximum Gasteiger partial charge on any atom is 0.191 e. The van der Waals surface area contributed by atoms with Crippen molar-refractivity contribution in [2.24, 2.45) is 0 Å². The van der Waals surface area contributed by atoms with E-state index in [4.69, 9.17) is 9.47 Å². The van der Waals surface area contributed by atoms with E-state index in [1.54, 1.807) is 0 Å². The molecule has 0 radical (unpaired) electrons. The normalized spacial score (nSPS) is 24.5. The van der Waals surface area contributed by atoms with Crippen molar-refractivity contribution in [1.82, 2.24) is 10.2 Å². The minimum atomic E-state index is 0.120. The Kier molecular flexibility index (Phi) is 3.06. The monoisotopic (exact) mass is 196 g/mol. The number of hydrogen-bond acceptors (Lipinski definition) is 4. The molecule has 0 bridgehead atoms. The minimum Gasteiger partial charge on any atom is -0.475 e. The number of nitrogens with one attached hydrogen (secondary N) is 1. The van der Waals surface area contributed by atoms with Gasteiger partial charge in [0.1, 0.15) is 12.8 Å². The lowest BCUT2D eigenvalue weighted by molar-refractivity contribution is -0.0330. The molecule has 4 nitrogen and oxygen atoms in total. The van der Waals surface area contributed by atoms with Gasteiger partial charge in [0.2, 0.25) is 0 Å². The number of hydrogen-bond donors (Lipinski definition) is 1. The zero-order chi connectivity index (χ0) is 9.80. The fraction of sp³-hybridized carbons (Fsp3) is 0.600. The first kappa shape index (κ1) is 9.55. The van der Waals surface area contributed by atoms with Crippen molar-refractivity contribution in [1.29, 1.82) is 0 Å². The Morgan fingerprint density at radius 3 is 3.50 bits per heavy atom. The third kappa shape index (κ3) is 1.91. The van der Waals surface area contributed by atoms with Gasteiger partial charge in [-0.15, -0.1) is 0 Å². The van der Waals surface area contributed by atoms with Crippen LogP contribution in [0.1, 0.15) is 6.42 Å². The summed E-state index contributed by atoms with van der Waals surface area (Å²) in [5.41, 5.74) is 0. The lowest BCUT2D eigenvalue weighted by Crippen LogP contribution is -2.32. The summed E-state index contributed by atoms with van der Waals surface area (Å²) in [5.74, 6) is 0.932. The molecule has 0 aliphatic carbocycles. The molecular formula is C10H16N2O2. The van der Waals surface area contributed by atoms with E-state index in [-0.39, 0.29) is 6.23 Å². The predicted octanol–water partition coefficient (Wildman–Crippen LogP) is 0.639. The molecule has 0 spiro atoms. The Morgan fingerprint density at radius 2 is 2.64 bits per heavy atom. The molecule has 0 saturated heterocycles. The first-order valence-electron chi connectivity index (χ1n) is 4.96. The van der Waals surface area contributed by atoms with E-state index in [9.17, 15) is 0 Å². The van der Waals surface area contributed by atoms with E-state index in [1.165, 1.54) is 0 Å². The Morgan fingerprint density at radius 1 is 1.71 bits per heavy atom. The molecule has 0 unspecified atom stereocenters. The molecule has 2 aliphatic rings. The molecule has 14 heavy (non-hydrogen) atoms. The highest BCUT2D eigenvalue weighted by Gasteiger charge is 2.27. The van der Waals surface area contributed by atoms with Crippen LogP contribution in [0.4, 0.5) is 0 Å². The van der Waals surface area contributed by atoms with E-state index in [1.807, 2.05) is 24.2 Å². The molecule has 1 atom stereocenters. The zero-order valence-electron chi connectivity index (χ0n) is 8.40. The van der Waals surface area contributed by atoms with E-state index < -0.39 is 0 Å². The molecule has 2 aliphatic heterocycles. The number of fused-ring (bicyclic) bond motifs is 1.